The maximum absolute atomic E-state index is 13.1. The molecule has 8 heteroatoms. The van der Waals surface area contributed by atoms with E-state index in [2.05, 4.69) is 10.3 Å². The number of hydrogen-bond donors (Lipinski definition) is 3. The van der Waals surface area contributed by atoms with Crippen molar-refractivity contribution in [2.24, 2.45) is 5.73 Å². The number of carbonyl (C=O) groups excluding carboxylic acids is 2. The molecule has 0 spiro atoms. The van der Waals surface area contributed by atoms with Crippen LogP contribution in [0.2, 0.25) is 0 Å². The van der Waals surface area contributed by atoms with Crippen molar-refractivity contribution in [3.63, 3.8) is 0 Å². The fourth-order valence-electron chi connectivity index (χ4n) is 4.48. The van der Waals surface area contributed by atoms with Crippen LogP contribution in [0.4, 0.5) is 5.69 Å². The van der Waals surface area contributed by atoms with E-state index in [1.54, 1.807) is 38.5 Å². The van der Waals surface area contributed by atoms with E-state index in [0.717, 1.165) is 27.7 Å². The number of benzene rings is 3. The lowest BCUT2D eigenvalue weighted by atomic mass is 10.00. The summed E-state index contributed by atoms with van der Waals surface area (Å²) >= 11 is 0. The second kappa shape index (κ2) is 9.50. The van der Waals surface area contributed by atoms with Crippen LogP contribution in [-0.2, 0) is 11.2 Å². The van der Waals surface area contributed by atoms with Crippen LogP contribution in [0.15, 0.2) is 71.1 Å². The Morgan fingerprint density at radius 3 is 2.47 bits per heavy atom. The summed E-state index contributed by atoms with van der Waals surface area (Å²) in [5.74, 6) is 0.266. The Labute approximate surface area is 207 Å². The predicted molar refractivity (Wildman–Crippen MR) is 139 cm³/mol. The van der Waals surface area contributed by atoms with Gasteiger partial charge in [-0.15, -0.1) is 0 Å². The summed E-state index contributed by atoms with van der Waals surface area (Å²) in [5, 5.41) is 4.48. The van der Waals surface area contributed by atoms with Crippen LogP contribution in [0.25, 0.3) is 33.1 Å². The Bertz CT molecular complexity index is 1600. The number of H-pyrrole nitrogens is 1. The minimum absolute atomic E-state index is 0.0692. The second-order valence-electron chi connectivity index (χ2n) is 8.31. The van der Waals surface area contributed by atoms with Crippen LogP contribution in [0.1, 0.15) is 22.5 Å². The number of primary amides is 1. The van der Waals surface area contributed by atoms with Crippen molar-refractivity contribution in [2.75, 3.05) is 19.5 Å². The van der Waals surface area contributed by atoms with Crippen molar-refractivity contribution < 1.29 is 23.5 Å². The number of anilines is 1. The van der Waals surface area contributed by atoms with Gasteiger partial charge in [0.25, 0.3) is 5.91 Å². The minimum atomic E-state index is -0.744. The Morgan fingerprint density at radius 1 is 0.972 bits per heavy atom. The van der Waals surface area contributed by atoms with E-state index in [4.69, 9.17) is 19.6 Å². The van der Waals surface area contributed by atoms with E-state index in [1.165, 1.54) is 0 Å². The highest BCUT2D eigenvalue weighted by atomic mass is 16.5. The van der Waals surface area contributed by atoms with Crippen molar-refractivity contribution in [2.45, 2.75) is 12.8 Å². The van der Waals surface area contributed by atoms with Gasteiger partial charge in [0.05, 0.1) is 19.9 Å². The normalized spacial score (nSPS) is 11.1. The number of ether oxygens (including phenoxy) is 2. The molecule has 0 bridgehead atoms. The Balaban J connectivity index is 1.47. The molecule has 0 aliphatic rings. The summed E-state index contributed by atoms with van der Waals surface area (Å²) in [7, 11) is 3.22. The summed E-state index contributed by atoms with van der Waals surface area (Å²) in [6, 6.07) is 20.7. The molecule has 0 atom stereocenters. The van der Waals surface area contributed by atoms with Crippen LogP contribution in [-0.4, -0.2) is 31.0 Å². The fourth-order valence-corrected chi connectivity index (χ4v) is 4.48. The molecule has 5 rings (SSSR count). The van der Waals surface area contributed by atoms with Crippen LogP contribution in [0.3, 0.4) is 0 Å². The first-order valence-corrected chi connectivity index (χ1v) is 11.4. The lowest BCUT2D eigenvalue weighted by Crippen LogP contribution is -2.17. The van der Waals surface area contributed by atoms with Gasteiger partial charge in [0, 0.05) is 34.3 Å². The summed E-state index contributed by atoms with van der Waals surface area (Å²) in [6.45, 7) is 0. The molecule has 2 aromatic heterocycles. The van der Waals surface area contributed by atoms with Gasteiger partial charge in [0.1, 0.15) is 22.8 Å². The number of nitrogens with two attached hydrogens (primary N) is 1. The zero-order valence-corrected chi connectivity index (χ0v) is 19.9. The number of amides is 2. The van der Waals surface area contributed by atoms with E-state index in [9.17, 15) is 9.59 Å². The third-order valence-corrected chi connectivity index (χ3v) is 6.18. The van der Waals surface area contributed by atoms with Crippen molar-refractivity contribution in [3.05, 3.63) is 78.1 Å². The van der Waals surface area contributed by atoms with Crippen molar-refractivity contribution in [1.29, 1.82) is 0 Å². The van der Waals surface area contributed by atoms with Crippen molar-refractivity contribution in [3.8, 4) is 22.8 Å². The van der Waals surface area contributed by atoms with Crippen LogP contribution >= 0.6 is 0 Å². The molecule has 0 saturated heterocycles. The van der Waals surface area contributed by atoms with Gasteiger partial charge in [0.2, 0.25) is 11.7 Å². The fraction of sp³-hybridized carbons (Fsp3) is 0.143. The maximum Gasteiger partial charge on any atom is 0.286 e. The number of rotatable bonds is 8. The first-order valence-electron chi connectivity index (χ1n) is 11.4. The summed E-state index contributed by atoms with van der Waals surface area (Å²) in [6.07, 6.45) is 0.618. The standard InChI is InChI=1S/C28H25N3O5/c1-34-16-11-12-20(23(15-16)35-2)25-18(17-7-3-5-9-21(17)30-25)13-14-24(32)31-26-19-8-4-6-10-22(19)36-27(26)28(29)33/h3-12,15,30H,13-14H2,1-2H3,(H2,29,33)(H,31,32). The predicted octanol–water partition coefficient (Wildman–Crippen LogP) is 5.27. The van der Waals surface area contributed by atoms with Gasteiger partial charge in [0.15, 0.2) is 0 Å². The average molecular weight is 484 g/mol. The lowest BCUT2D eigenvalue weighted by molar-refractivity contribution is -0.116. The molecular weight excluding hydrogens is 458 g/mol. The third kappa shape index (κ3) is 4.13. The first-order chi connectivity index (χ1) is 17.5. The number of para-hydroxylation sites is 2. The largest absolute Gasteiger partial charge is 0.497 e. The highest BCUT2D eigenvalue weighted by Gasteiger charge is 2.22. The molecule has 0 unspecified atom stereocenters. The number of nitrogens with one attached hydrogen (secondary N) is 2. The van der Waals surface area contributed by atoms with Gasteiger partial charge in [-0.1, -0.05) is 30.3 Å². The number of carbonyl (C=O) groups is 2. The van der Waals surface area contributed by atoms with E-state index in [0.29, 0.717) is 34.6 Å². The smallest absolute Gasteiger partial charge is 0.286 e. The van der Waals surface area contributed by atoms with Gasteiger partial charge in [-0.2, -0.15) is 0 Å². The highest BCUT2D eigenvalue weighted by molar-refractivity contribution is 6.10. The summed E-state index contributed by atoms with van der Waals surface area (Å²) in [4.78, 5) is 28.5. The van der Waals surface area contributed by atoms with Gasteiger partial charge in [-0.3, -0.25) is 9.59 Å². The average Bonchev–Trinajstić information content (AvgIpc) is 3.45. The number of furan rings is 1. The van der Waals surface area contributed by atoms with Gasteiger partial charge in [-0.25, -0.2) is 0 Å². The first kappa shape index (κ1) is 23.0. The molecule has 0 radical (unpaired) electrons. The van der Waals surface area contributed by atoms with Crippen molar-refractivity contribution in [1.82, 2.24) is 4.98 Å². The monoisotopic (exact) mass is 483 g/mol. The summed E-state index contributed by atoms with van der Waals surface area (Å²) in [5.41, 5.74) is 9.93. The van der Waals surface area contributed by atoms with E-state index in [1.807, 2.05) is 42.5 Å². The quantitative estimate of drug-likeness (QED) is 0.278. The molecule has 8 nitrogen and oxygen atoms in total. The van der Waals surface area contributed by atoms with Crippen molar-refractivity contribution >= 4 is 39.4 Å². The number of fused-ring (bicyclic) bond motifs is 2. The van der Waals surface area contributed by atoms with E-state index in [-0.39, 0.29) is 18.1 Å². The van der Waals surface area contributed by atoms with Crippen LogP contribution < -0.4 is 20.5 Å². The number of aromatic amines is 1. The topological polar surface area (TPSA) is 120 Å². The molecule has 182 valence electrons. The minimum Gasteiger partial charge on any atom is -0.497 e. The molecule has 0 saturated carbocycles. The molecule has 3 aromatic carbocycles. The molecule has 2 amide bonds. The molecule has 0 aliphatic carbocycles. The number of aromatic nitrogens is 1. The molecule has 0 fully saturated rings. The molecule has 5 aromatic rings. The van der Waals surface area contributed by atoms with Gasteiger partial charge < -0.3 is 29.9 Å². The zero-order chi connectivity index (χ0) is 25.2. The second-order valence-corrected chi connectivity index (χ2v) is 8.31. The summed E-state index contributed by atoms with van der Waals surface area (Å²) < 4.78 is 16.5. The molecule has 4 N–H and O–H groups in total. The lowest BCUT2D eigenvalue weighted by Gasteiger charge is -2.12. The highest BCUT2D eigenvalue weighted by Crippen LogP contribution is 2.38. The zero-order valence-electron chi connectivity index (χ0n) is 19.9. The third-order valence-electron chi connectivity index (χ3n) is 6.18. The van der Waals surface area contributed by atoms with E-state index >= 15 is 0 Å². The van der Waals surface area contributed by atoms with Crippen LogP contribution in [0, 0.1) is 0 Å². The number of aryl methyl sites for hydroxylation is 1. The van der Waals surface area contributed by atoms with E-state index < -0.39 is 5.91 Å². The molecule has 2 heterocycles. The maximum atomic E-state index is 13.1. The molecular formula is C28H25N3O5. The number of methoxy groups -OCH3 is 2. The van der Waals surface area contributed by atoms with Crippen LogP contribution in [0.5, 0.6) is 11.5 Å². The van der Waals surface area contributed by atoms with Gasteiger partial charge >= 0.3 is 0 Å². The molecule has 0 aliphatic heterocycles. The molecule has 36 heavy (non-hydrogen) atoms. The SMILES string of the molecule is COc1ccc(-c2[nH]c3ccccc3c2CCC(=O)Nc2c(C(N)=O)oc3ccccc23)c(OC)c1. The Hall–Kier alpha value is -4.72. The Kier molecular flexibility index (Phi) is 6.08. The Morgan fingerprint density at radius 2 is 1.72 bits per heavy atom. The number of hydrogen-bond acceptors (Lipinski definition) is 5. The van der Waals surface area contributed by atoms with Gasteiger partial charge in [-0.05, 0) is 42.3 Å².